The molecule has 0 spiro atoms. The predicted octanol–water partition coefficient (Wildman–Crippen LogP) is 1.57. The van der Waals surface area contributed by atoms with Crippen molar-refractivity contribution in [3.8, 4) is 0 Å². The van der Waals surface area contributed by atoms with Gasteiger partial charge >= 0.3 is 0 Å². The fourth-order valence-electron chi connectivity index (χ4n) is 2.50. The van der Waals surface area contributed by atoms with Gasteiger partial charge in [0.15, 0.2) is 0 Å². The molecule has 1 aliphatic rings. The number of anilines is 2. The number of rotatable bonds is 5. The highest BCUT2D eigenvalue weighted by Crippen LogP contribution is 2.24. The lowest BCUT2D eigenvalue weighted by Gasteiger charge is -2.16. The normalized spacial score (nSPS) is 19.2. The Morgan fingerprint density at radius 2 is 2.35 bits per heavy atom. The predicted molar refractivity (Wildman–Crippen MR) is 80.7 cm³/mol. The Bertz CT molecular complexity index is 481. The van der Waals surface area contributed by atoms with Gasteiger partial charge in [0.05, 0.1) is 17.3 Å². The Kier molecular flexibility index (Phi) is 5.23. The molecule has 1 saturated heterocycles. The Labute approximate surface area is 123 Å². The molecule has 1 heterocycles. The minimum absolute atomic E-state index is 0.0821. The molecule has 0 aromatic heterocycles. The van der Waals surface area contributed by atoms with Gasteiger partial charge < -0.3 is 16.2 Å². The van der Waals surface area contributed by atoms with E-state index < -0.39 is 0 Å². The fourth-order valence-corrected chi connectivity index (χ4v) is 2.74. The zero-order valence-corrected chi connectivity index (χ0v) is 12.1. The van der Waals surface area contributed by atoms with E-state index in [0.29, 0.717) is 28.9 Å². The van der Waals surface area contributed by atoms with Crippen LogP contribution in [0.2, 0.25) is 5.02 Å². The second-order valence-corrected chi connectivity index (χ2v) is 5.60. The molecule has 1 aromatic carbocycles. The molecule has 2 rings (SSSR count). The van der Waals surface area contributed by atoms with Crippen molar-refractivity contribution in [3.63, 3.8) is 0 Å². The Morgan fingerprint density at radius 3 is 3.05 bits per heavy atom. The molecular weight excluding hydrogens is 278 g/mol. The summed E-state index contributed by atoms with van der Waals surface area (Å²) >= 11 is 6.02. The van der Waals surface area contributed by atoms with Crippen LogP contribution < -0.4 is 11.1 Å². The monoisotopic (exact) mass is 297 g/mol. The molecule has 1 fully saturated rings. The van der Waals surface area contributed by atoms with Gasteiger partial charge in [0.2, 0.25) is 5.91 Å². The summed E-state index contributed by atoms with van der Waals surface area (Å²) in [4.78, 5) is 14.1. The number of carbonyl (C=O) groups is 1. The van der Waals surface area contributed by atoms with Gasteiger partial charge in [-0.3, -0.25) is 9.69 Å². The molecule has 1 aliphatic heterocycles. The summed E-state index contributed by atoms with van der Waals surface area (Å²) in [6.45, 7) is 2.32. The average Bonchev–Trinajstić information content (AvgIpc) is 2.81. The molecule has 110 valence electrons. The van der Waals surface area contributed by atoms with E-state index in [1.165, 1.54) is 0 Å². The van der Waals surface area contributed by atoms with Crippen LogP contribution >= 0.6 is 11.6 Å². The van der Waals surface area contributed by atoms with Crippen molar-refractivity contribution in [1.82, 2.24) is 4.90 Å². The maximum atomic E-state index is 12.0. The van der Waals surface area contributed by atoms with Crippen LogP contribution in [0.15, 0.2) is 18.2 Å². The molecule has 1 aromatic rings. The van der Waals surface area contributed by atoms with Gasteiger partial charge in [0.25, 0.3) is 0 Å². The molecule has 0 saturated carbocycles. The summed E-state index contributed by atoms with van der Waals surface area (Å²) in [5.74, 6) is 0.411. The van der Waals surface area contributed by atoms with Crippen molar-refractivity contribution in [2.45, 2.75) is 12.8 Å². The maximum absolute atomic E-state index is 12.0. The number of nitrogens with zero attached hydrogens (tertiary/aromatic N) is 1. The van der Waals surface area contributed by atoms with E-state index in [1.54, 1.807) is 18.2 Å². The largest absolute Gasteiger partial charge is 0.399 e. The quantitative estimate of drug-likeness (QED) is 0.721. The van der Waals surface area contributed by atoms with Crippen LogP contribution in [-0.2, 0) is 4.79 Å². The second-order valence-electron chi connectivity index (χ2n) is 5.19. The minimum Gasteiger partial charge on any atom is -0.399 e. The molecule has 6 heteroatoms. The van der Waals surface area contributed by atoms with Gasteiger partial charge in [-0.05, 0) is 43.5 Å². The number of carbonyl (C=O) groups excluding carboxylic acids is 1. The lowest BCUT2D eigenvalue weighted by atomic mass is 10.1. The molecule has 4 N–H and O–H groups in total. The first-order valence-electron chi connectivity index (χ1n) is 6.76. The highest BCUT2D eigenvalue weighted by molar-refractivity contribution is 6.34. The van der Waals surface area contributed by atoms with E-state index in [-0.39, 0.29) is 12.5 Å². The number of nitrogen functional groups attached to an aromatic ring is 1. The standard InChI is InChI=1S/C14H20ClN3O2/c15-12-7-11(16)1-2-13(12)17-14(20)9-18-5-3-10(8-18)4-6-19/h1-2,7,10,19H,3-6,8-9,16H2,(H,17,20). The zero-order chi connectivity index (χ0) is 14.5. The smallest absolute Gasteiger partial charge is 0.238 e. The Morgan fingerprint density at radius 1 is 1.55 bits per heavy atom. The number of hydrogen-bond donors (Lipinski definition) is 3. The number of amides is 1. The number of nitrogens with one attached hydrogen (secondary N) is 1. The van der Waals surface area contributed by atoms with Crippen LogP contribution in [0, 0.1) is 5.92 Å². The van der Waals surface area contributed by atoms with Crippen LogP contribution in [0.25, 0.3) is 0 Å². The first-order valence-corrected chi connectivity index (χ1v) is 7.14. The molecule has 5 nitrogen and oxygen atoms in total. The second kappa shape index (κ2) is 6.92. The molecule has 1 amide bonds. The molecule has 0 radical (unpaired) electrons. The van der Waals surface area contributed by atoms with E-state index in [2.05, 4.69) is 10.2 Å². The van der Waals surface area contributed by atoms with E-state index in [9.17, 15) is 4.79 Å². The molecule has 1 unspecified atom stereocenters. The fraction of sp³-hybridized carbons (Fsp3) is 0.500. The first-order chi connectivity index (χ1) is 9.58. The van der Waals surface area contributed by atoms with E-state index in [1.807, 2.05) is 0 Å². The third kappa shape index (κ3) is 4.10. The summed E-state index contributed by atoms with van der Waals surface area (Å²) in [6.07, 6.45) is 1.85. The van der Waals surface area contributed by atoms with Gasteiger partial charge in [-0.1, -0.05) is 11.6 Å². The number of aliphatic hydroxyl groups excluding tert-OH is 1. The van der Waals surface area contributed by atoms with Crippen LogP contribution in [0.1, 0.15) is 12.8 Å². The number of nitrogens with two attached hydrogens (primary N) is 1. The molecule has 1 atom stereocenters. The van der Waals surface area contributed by atoms with Crippen molar-refractivity contribution in [2.24, 2.45) is 5.92 Å². The van der Waals surface area contributed by atoms with Crippen LogP contribution in [0.4, 0.5) is 11.4 Å². The SMILES string of the molecule is Nc1ccc(NC(=O)CN2CCC(CCO)C2)c(Cl)c1. The zero-order valence-electron chi connectivity index (χ0n) is 11.3. The average molecular weight is 298 g/mol. The van der Waals surface area contributed by atoms with Crippen molar-refractivity contribution in [2.75, 3.05) is 37.3 Å². The molecule has 0 bridgehead atoms. The van der Waals surface area contributed by atoms with Gasteiger partial charge in [0, 0.05) is 18.8 Å². The topological polar surface area (TPSA) is 78.6 Å². The van der Waals surface area contributed by atoms with E-state index in [4.69, 9.17) is 22.4 Å². The number of hydrogen-bond acceptors (Lipinski definition) is 4. The summed E-state index contributed by atoms with van der Waals surface area (Å²) in [7, 11) is 0. The van der Waals surface area contributed by atoms with Gasteiger partial charge in [-0.25, -0.2) is 0 Å². The maximum Gasteiger partial charge on any atom is 0.238 e. The highest BCUT2D eigenvalue weighted by atomic mass is 35.5. The summed E-state index contributed by atoms with van der Waals surface area (Å²) in [5, 5.41) is 12.2. The third-order valence-corrected chi connectivity index (χ3v) is 3.85. The lowest BCUT2D eigenvalue weighted by molar-refractivity contribution is -0.117. The first kappa shape index (κ1) is 15.1. The third-order valence-electron chi connectivity index (χ3n) is 3.54. The van der Waals surface area contributed by atoms with E-state index in [0.717, 1.165) is 25.9 Å². The Balaban J connectivity index is 1.84. The van der Waals surface area contributed by atoms with Gasteiger partial charge in [-0.15, -0.1) is 0 Å². The lowest BCUT2D eigenvalue weighted by Crippen LogP contribution is -2.31. The van der Waals surface area contributed by atoms with Crippen molar-refractivity contribution >= 4 is 28.9 Å². The van der Waals surface area contributed by atoms with Crippen LogP contribution in [0.3, 0.4) is 0 Å². The highest BCUT2D eigenvalue weighted by Gasteiger charge is 2.23. The number of benzene rings is 1. The Hall–Kier alpha value is -1.30. The van der Waals surface area contributed by atoms with E-state index >= 15 is 0 Å². The van der Waals surface area contributed by atoms with Gasteiger partial charge in [-0.2, -0.15) is 0 Å². The van der Waals surface area contributed by atoms with Crippen LogP contribution in [0.5, 0.6) is 0 Å². The number of likely N-dealkylation sites (tertiary alicyclic amines) is 1. The van der Waals surface area contributed by atoms with Crippen molar-refractivity contribution < 1.29 is 9.90 Å². The summed E-state index contributed by atoms with van der Waals surface area (Å²) in [5.41, 5.74) is 6.76. The number of aliphatic hydroxyl groups is 1. The summed E-state index contributed by atoms with van der Waals surface area (Å²) in [6, 6.07) is 5.02. The van der Waals surface area contributed by atoms with Crippen molar-refractivity contribution in [1.29, 1.82) is 0 Å². The molecule has 0 aliphatic carbocycles. The molecular formula is C14H20ClN3O2. The summed E-state index contributed by atoms with van der Waals surface area (Å²) < 4.78 is 0. The minimum atomic E-state index is -0.0821. The molecule has 20 heavy (non-hydrogen) atoms. The van der Waals surface area contributed by atoms with Crippen molar-refractivity contribution in [3.05, 3.63) is 23.2 Å². The van der Waals surface area contributed by atoms with Gasteiger partial charge in [0.1, 0.15) is 0 Å². The van der Waals surface area contributed by atoms with Crippen LogP contribution in [-0.4, -0.2) is 42.2 Å². The number of halogens is 1.